The summed E-state index contributed by atoms with van der Waals surface area (Å²) in [6, 6.07) is 26.4. The normalized spacial score (nSPS) is 22.5. The molecule has 4 aliphatic heterocycles. The number of ether oxygens (including phenoxy) is 1. The molecule has 4 aromatic carbocycles. The summed E-state index contributed by atoms with van der Waals surface area (Å²) in [5.41, 5.74) is 8.12. The SMILES string of the molecule is CC1(C)c2cccc3c2N(CCC3)[C@@]12C=Nc1c(cc(N3CCc4ccccc43)c3ccccc13)O2. The molecule has 4 heteroatoms. The second kappa shape index (κ2) is 6.91. The Labute approximate surface area is 211 Å². The van der Waals surface area contributed by atoms with Crippen LogP contribution in [-0.2, 0) is 18.3 Å². The van der Waals surface area contributed by atoms with E-state index in [4.69, 9.17) is 9.73 Å². The molecular formula is C32H29N3O. The molecular weight excluding hydrogens is 442 g/mol. The van der Waals surface area contributed by atoms with E-state index in [1.807, 2.05) is 0 Å². The summed E-state index contributed by atoms with van der Waals surface area (Å²) in [5.74, 6) is 0.878. The van der Waals surface area contributed by atoms with E-state index >= 15 is 0 Å². The molecule has 0 N–H and O–H groups in total. The third-order valence-corrected chi connectivity index (χ3v) is 8.96. The summed E-state index contributed by atoms with van der Waals surface area (Å²) in [4.78, 5) is 10.1. The first-order valence-corrected chi connectivity index (χ1v) is 13.1. The summed E-state index contributed by atoms with van der Waals surface area (Å²) in [7, 11) is 0. The van der Waals surface area contributed by atoms with Crippen molar-refractivity contribution in [2.75, 3.05) is 22.9 Å². The molecule has 0 bridgehead atoms. The number of benzene rings is 4. The Balaban J connectivity index is 1.34. The maximum absolute atomic E-state index is 7.22. The van der Waals surface area contributed by atoms with Gasteiger partial charge in [-0.05, 0) is 55.9 Å². The average Bonchev–Trinajstić information content (AvgIpc) is 3.42. The molecule has 1 spiro atoms. The van der Waals surface area contributed by atoms with E-state index in [1.165, 1.54) is 39.1 Å². The summed E-state index contributed by atoms with van der Waals surface area (Å²) >= 11 is 0. The van der Waals surface area contributed by atoms with E-state index in [-0.39, 0.29) is 5.41 Å². The molecule has 0 amide bonds. The van der Waals surface area contributed by atoms with Gasteiger partial charge in [0.25, 0.3) is 0 Å². The number of fused-ring (bicyclic) bond motifs is 5. The van der Waals surface area contributed by atoms with Gasteiger partial charge in [-0.3, -0.25) is 4.99 Å². The number of para-hydroxylation sites is 2. The third kappa shape index (κ3) is 2.42. The van der Waals surface area contributed by atoms with Gasteiger partial charge in [-0.25, -0.2) is 0 Å². The van der Waals surface area contributed by atoms with E-state index < -0.39 is 5.72 Å². The first-order chi connectivity index (χ1) is 17.6. The highest BCUT2D eigenvalue weighted by Crippen LogP contribution is 2.57. The Morgan fingerprint density at radius 1 is 0.806 bits per heavy atom. The van der Waals surface area contributed by atoms with Crippen molar-refractivity contribution in [1.29, 1.82) is 0 Å². The van der Waals surface area contributed by atoms with Gasteiger partial charge >= 0.3 is 0 Å². The van der Waals surface area contributed by atoms with Crippen LogP contribution in [0.4, 0.5) is 22.7 Å². The molecule has 0 radical (unpaired) electrons. The van der Waals surface area contributed by atoms with Gasteiger partial charge in [-0.2, -0.15) is 0 Å². The number of rotatable bonds is 1. The van der Waals surface area contributed by atoms with Crippen LogP contribution in [0.15, 0.2) is 77.8 Å². The lowest BCUT2D eigenvalue weighted by Crippen LogP contribution is -2.62. The molecule has 1 atom stereocenters. The summed E-state index contributed by atoms with van der Waals surface area (Å²) < 4.78 is 7.22. The lowest BCUT2D eigenvalue weighted by atomic mass is 9.77. The zero-order valence-corrected chi connectivity index (χ0v) is 20.8. The molecule has 0 unspecified atom stereocenters. The fourth-order valence-corrected chi connectivity index (χ4v) is 7.12. The van der Waals surface area contributed by atoms with E-state index in [2.05, 4.69) is 103 Å². The average molecular weight is 472 g/mol. The molecule has 4 nitrogen and oxygen atoms in total. The summed E-state index contributed by atoms with van der Waals surface area (Å²) in [6.07, 6.45) is 5.42. The van der Waals surface area contributed by atoms with E-state index in [0.717, 1.165) is 49.2 Å². The number of anilines is 3. The topological polar surface area (TPSA) is 28.1 Å². The summed E-state index contributed by atoms with van der Waals surface area (Å²) in [5, 5.41) is 2.37. The van der Waals surface area contributed by atoms with Crippen molar-refractivity contribution in [3.05, 3.63) is 89.5 Å². The molecule has 36 heavy (non-hydrogen) atoms. The van der Waals surface area contributed by atoms with Crippen LogP contribution in [0.3, 0.4) is 0 Å². The van der Waals surface area contributed by atoms with Crippen molar-refractivity contribution >= 4 is 39.7 Å². The quantitative estimate of drug-likeness (QED) is 0.297. The predicted octanol–water partition coefficient (Wildman–Crippen LogP) is 7.07. The van der Waals surface area contributed by atoms with Gasteiger partial charge in [-0.15, -0.1) is 0 Å². The Kier molecular flexibility index (Phi) is 3.92. The van der Waals surface area contributed by atoms with E-state index in [1.54, 1.807) is 0 Å². The number of aryl methyl sites for hydroxylation is 1. The minimum atomic E-state index is -0.637. The van der Waals surface area contributed by atoms with Gasteiger partial charge in [-0.1, -0.05) is 60.7 Å². The van der Waals surface area contributed by atoms with Crippen molar-refractivity contribution in [2.24, 2.45) is 4.99 Å². The monoisotopic (exact) mass is 471 g/mol. The van der Waals surface area contributed by atoms with Crippen molar-refractivity contribution < 1.29 is 4.74 Å². The van der Waals surface area contributed by atoms with Gasteiger partial charge in [0.05, 0.1) is 17.3 Å². The van der Waals surface area contributed by atoms with Crippen LogP contribution in [0.1, 0.15) is 37.0 Å². The number of hydrogen-bond acceptors (Lipinski definition) is 4. The minimum Gasteiger partial charge on any atom is -0.459 e. The van der Waals surface area contributed by atoms with Gasteiger partial charge in [0, 0.05) is 41.3 Å². The van der Waals surface area contributed by atoms with E-state index in [0.29, 0.717) is 0 Å². The van der Waals surface area contributed by atoms with Gasteiger partial charge in [0.2, 0.25) is 5.72 Å². The molecule has 4 aliphatic rings. The van der Waals surface area contributed by atoms with Crippen LogP contribution >= 0.6 is 0 Å². The fraction of sp³-hybridized carbons (Fsp3) is 0.281. The number of aliphatic imine (C=N–C) groups is 1. The fourth-order valence-electron chi connectivity index (χ4n) is 7.12. The van der Waals surface area contributed by atoms with Gasteiger partial charge in [0.1, 0.15) is 5.69 Å². The van der Waals surface area contributed by atoms with Crippen molar-refractivity contribution in [1.82, 2.24) is 0 Å². The maximum Gasteiger partial charge on any atom is 0.228 e. The third-order valence-electron chi connectivity index (χ3n) is 8.96. The van der Waals surface area contributed by atoms with Crippen LogP contribution in [-0.4, -0.2) is 25.0 Å². The lowest BCUT2D eigenvalue weighted by molar-refractivity contribution is 0.0770. The predicted molar refractivity (Wildman–Crippen MR) is 148 cm³/mol. The molecule has 0 aliphatic carbocycles. The molecule has 8 rings (SSSR count). The zero-order valence-electron chi connectivity index (χ0n) is 20.8. The van der Waals surface area contributed by atoms with Crippen molar-refractivity contribution in [2.45, 2.75) is 44.2 Å². The molecule has 0 aromatic heterocycles. The highest BCUT2D eigenvalue weighted by atomic mass is 16.5. The lowest BCUT2D eigenvalue weighted by Gasteiger charge is -2.47. The van der Waals surface area contributed by atoms with Crippen LogP contribution in [0.25, 0.3) is 10.8 Å². The van der Waals surface area contributed by atoms with Crippen LogP contribution in [0.2, 0.25) is 0 Å². The summed E-state index contributed by atoms with van der Waals surface area (Å²) in [6.45, 7) is 6.59. The molecule has 4 aromatic rings. The highest BCUT2D eigenvalue weighted by molar-refractivity contribution is 6.07. The Morgan fingerprint density at radius 2 is 1.61 bits per heavy atom. The minimum absolute atomic E-state index is 0.240. The smallest absolute Gasteiger partial charge is 0.228 e. The highest BCUT2D eigenvalue weighted by Gasteiger charge is 2.60. The van der Waals surface area contributed by atoms with Crippen LogP contribution < -0.4 is 14.5 Å². The Bertz CT molecular complexity index is 1600. The first kappa shape index (κ1) is 20.4. The number of hydrogen-bond donors (Lipinski definition) is 0. The molecule has 0 saturated heterocycles. The Morgan fingerprint density at radius 3 is 2.53 bits per heavy atom. The van der Waals surface area contributed by atoms with E-state index in [9.17, 15) is 0 Å². The first-order valence-electron chi connectivity index (χ1n) is 13.1. The maximum atomic E-state index is 7.22. The number of nitrogens with zero attached hydrogens (tertiary/aromatic N) is 3. The molecule has 178 valence electrons. The standard InChI is InChI=1S/C32H29N3O/c1-31(2)25-14-7-10-22-11-8-17-35(30(22)25)32(31)20-33-29-24-13-5-4-12-23(24)27(19-28(29)36-32)34-18-16-21-9-3-6-15-26(21)34/h3-7,9-10,12-15,19-20H,8,11,16-18H2,1-2H3/t32-/m1/s1. The van der Waals surface area contributed by atoms with Crippen LogP contribution in [0.5, 0.6) is 5.75 Å². The zero-order chi connectivity index (χ0) is 24.1. The van der Waals surface area contributed by atoms with Gasteiger partial charge in [0.15, 0.2) is 5.75 Å². The molecule has 4 heterocycles. The van der Waals surface area contributed by atoms with Crippen molar-refractivity contribution in [3.63, 3.8) is 0 Å². The molecule has 0 fully saturated rings. The second-order valence-corrected chi connectivity index (χ2v) is 11.1. The largest absolute Gasteiger partial charge is 0.459 e. The Hall–Kier alpha value is -3.79. The van der Waals surface area contributed by atoms with Crippen LogP contribution in [0, 0.1) is 0 Å². The molecule has 0 saturated carbocycles. The second-order valence-electron chi connectivity index (χ2n) is 11.1. The van der Waals surface area contributed by atoms with Crippen molar-refractivity contribution in [3.8, 4) is 5.75 Å². The van der Waals surface area contributed by atoms with Gasteiger partial charge < -0.3 is 14.5 Å².